The van der Waals surface area contributed by atoms with Crippen molar-refractivity contribution in [2.45, 2.75) is 32.7 Å². The number of amides is 1. The van der Waals surface area contributed by atoms with Crippen molar-refractivity contribution < 1.29 is 4.79 Å². The third kappa shape index (κ3) is 1.68. The Balaban J connectivity index is 2.63. The van der Waals surface area contributed by atoms with Crippen LogP contribution in [-0.4, -0.2) is 23.4 Å². The summed E-state index contributed by atoms with van der Waals surface area (Å²) in [6, 6.07) is 0.450. The van der Waals surface area contributed by atoms with Crippen LogP contribution in [0.25, 0.3) is 0 Å². The summed E-state index contributed by atoms with van der Waals surface area (Å²) in [6.45, 7) is 8.74. The van der Waals surface area contributed by atoms with E-state index >= 15 is 0 Å². The van der Waals surface area contributed by atoms with Gasteiger partial charge in [-0.15, -0.1) is 0 Å². The van der Waals surface area contributed by atoms with E-state index in [0.717, 1.165) is 19.4 Å². The number of hydrogen-bond donors (Lipinski definition) is 0. The van der Waals surface area contributed by atoms with Crippen molar-refractivity contribution in [3.05, 3.63) is 12.7 Å². The fraction of sp³-hybridized carbons (Fsp3) is 0.700. The molecule has 68 valence electrons. The molecule has 1 aliphatic rings. The lowest BCUT2D eigenvalue weighted by Crippen LogP contribution is -2.33. The number of carbonyl (C=O) groups is 1. The lowest BCUT2D eigenvalue weighted by atomic mass is 10.1. The zero-order chi connectivity index (χ0) is 9.14. The Morgan fingerprint density at radius 3 is 2.92 bits per heavy atom. The van der Waals surface area contributed by atoms with Gasteiger partial charge in [0.05, 0.1) is 0 Å². The Kier molecular flexibility index (Phi) is 2.90. The molecular weight excluding hydrogens is 150 g/mol. The minimum Gasteiger partial charge on any atom is -0.336 e. The first-order chi connectivity index (χ1) is 5.69. The Hall–Kier alpha value is -0.790. The van der Waals surface area contributed by atoms with E-state index in [4.69, 9.17) is 0 Å². The van der Waals surface area contributed by atoms with Crippen LogP contribution < -0.4 is 0 Å². The van der Waals surface area contributed by atoms with Crippen molar-refractivity contribution in [1.29, 1.82) is 0 Å². The van der Waals surface area contributed by atoms with E-state index in [9.17, 15) is 4.79 Å². The molecule has 2 atom stereocenters. The van der Waals surface area contributed by atoms with Gasteiger partial charge in [-0.1, -0.05) is 20.4 Å². The molecule has 0 spiro atoms. The number of carbonyl (C=O) groups excluding carboxylic acids is 1. The van der Waals surface area contributed by atoms with E-state index in [2.05, 4.69) is 20.4 Å². The highest BCUT2D eigenvalue weighted by atomic mass is 16.2. The standard InChI is InChI=1S/C10H17NO/c1-4-9-6-8(3)7-11(9)10(12)5-2/h5,8-9H,2,4,6-7H2,1,3H3/t8-,9-/m0/s1. The summed E-state index contributed by atoms with van der Waals surface area (Å²) in [7, 11) is 0. The van der Waals surface area contributed by atoms with E-state index in [1.54, 1.807) is 0 Å². The van der Waals surface area contributed by atoms with Crippen LogP contribution in [0.15, 0.2) is 12.7 Å². The lowest BCUT2D eigenvalue weighted by Gasteiger charge is -2.21. The Morgan fingerprint density at radius 2 is 2.42 bits per heavy atom. The number of nitrogens with zero attached hydrogens (tertiary/aromatic N) is 1. The van der Waals surface area contributed by atoms with E-state index in [-0.39, 0.29) is 5.91 Å². The predicted molar refractivity (Wildman–Crippen MR) is 49.8 cm³/mol. The molecule has 0 aliphatic carbocycles. The highest BCUT2D eigenvalue weighted by Gasteiger charge is 2.30. The van der Waals surface area contributed by atoms with Crippen molar-refractivity contribution in [2.24, 2.45) is 5.92 Å². The van der Waals surface area contributed by atoms with Crippen LogP contribution in [0, 0.1) is 5.92 Å². The Morgan fingerprint density at radius 1 is 1.75 bits per heavy atom. The SMILES string of the molecule is C=CC(=O)N1C[C@@H](C)C[C@@H]1CC. The van der Waals surface area contributed by atoms with E-state index in [1.807, 2.05) is 4.90 Å². The second-order valence-corrected chi connectivity index (χ2v) is 3.60. The molecule has 0 aromatic rings. The molecule has 0 aromatic carbocycles. The molecule has 12 heavy (non-hydrogen) atoms. The second kappa shape index (κ2) is 3.74. The molecule has 1 fully saturated rings. The first-order valence-corrected chi connectivity index (χ1v) is 4.62. The minimum atomic E-state index is 0.0891. The molecule has 0 radical (unpaired) electrons. The van der Waals surface area contributed by atoms with Gasteiger partial charge in [0.1, 0.15) is 0 Å². The van der Waals surface area contributed by atoms with Gasteiger partial charge in [-0.2, -0.15) is 0 Å². The maximum Gasteiger partial charge on any atom is 0.246 e. The molecule has 0 N–H and O–H groups in total. The minimum absolute atomic E-state index is 0.0891. The zero-order valence-corrected chi connectivity index (χ0v) is 7.92. The summed E-state index contributed by atoms with van der Waals surface area (Å²) in [4.78, 5) is 13.3. The third-order valence-corrected chi connectivity index (χ3v) is 2.55. The van der Waals surface area contributed by atoms with Crippen LogP contribution in [0.3, 0.4) is 0 Å². The van der Waals surface area contributed by atoms with Gasteiger partial charge < -0.3 is 4.90 Å². The van der Waals surface area contributed by atoms with Crippen molar-refractivity contribution in [3.8, 4) is 0 Å². The molecule has 2 heteroatoms. The summed E-state index contributed by atoms with van der Waals surface area (Å²) in [5, 5.41) is 0. The molecule has 0 unspecified atom stereocenters. The summed E-state index contributed by atoms with van der Waals surface area (Å²) in [5.41, 5.74) is 0. The summed E-state index contributed by atoms with van der Waals surface area (Å²) in [6.07, 6.45) is 3.63. The van der Waals surface area contributed by atoms with Crippen molar-refractivity contribution in [3.63, 3.8) is 0 Å². The molecule has 0 saturated carbocycles. The fourth-order valence-electron chi connectivity index (χ4n) is 1.93. The highest BCUT2D eigenvalue weighted by Crippen LogP contribution is 2.24. The molecule has 1 heterocycles. The molecule has 1 amide bonds. The molecule has 0 bridgehead atoms. The van der Waals surface area contributed by atoms with Gasteiger partial charge in [-0.25, -0.2) is 0 Å². The van der Waals surface area contributed by atoms with E-state index in [0.29, 0.717) is 12.0 Å². The normalized spacial score (nSPS) is 29.0. The van der Waals surface area contributed by atoms with Crippen LogP contribution in [-0.2, 0) is 4.79 Å². The van der Waals surface area contributed by atoms with Crippen LogP contribution >= 0.6 is 0 Å². The lowest BCUT2D eigenvalue weighted by molar-refractivity contribution is -0.126. The van der Waals surface area contributed by atoms with Gasteiger partial charge in [0.15, 0.2) is 0 Å². The van der Waals surface area contributed by atoms with Crippen LogP contribution in [0.1, 0.15) is 26.7 Å². The summed E-state index contributed by atoms with van der Waals surface area (Å²) in [5.74, 6) is 0.741. The zero-order valence-electron chi connectivity index (χ0n) is 7.92. The van der Waals surface area contributed by atoms with Crippen LogP contribution in [0.2, 0.25) is 0 Å². The van der Waals surface area contributed by atoms with E-state index < -0.39 is 0 Å². The van der Waals surface area contributed by atoms with Gasteiger partial charge in [0.25, 0.3) is 0 Å². The topological polar surface area (TPSA) is 20.3 Å². The summed E-state index contributed by atoms with van der Waals surface area (Å²) < 4.78 is 0. The predicted octanol–water partition coefficient (Wildman–Crippen LogP) is 1.82. The number of hydrogen-bond acceptors (Lipinski definition) is 1. The smallest absolute Gasteiger partial charge is 0.246 e. The molecule has 1 rings (SSSR count). The maximum atomic E-state index is 11.3. The average molecular weight is 167 g/mol. The van der Waals surface area contributed by atoms with Gasteiger partial charge in [0.2, 0.25) is 5.91 Å². The Labute approximate surface area is 74.2 Å². The quantitative estimate of drug-likeness (QED) is 0.574. The second-order valence-electron chi connectivity index (χ2n) is 3.60. The van der Waals surface area contributed by atoms with Crippen LogP contribution in [0.5, 0.6) is 0 Å². The fourth-order valence-corrected chi connectivity index (χ4v) is 1.93. The number of likely N-dealkylation sites (tertiary alicyclic amines) is 1. The summed E-state index contributed by atoms with van der Waals surface area (Å²) >= 11 is 0. The Bertz CT molecular complexity index is 188. The number of rotatable bonds is 2. The van der Waals surface area contributed by atoms with Crippen molar-refractivity contribution >= 4 is 5.91 Å². The van der Waals surface area contributed by atoms with Gasteiger partial charge in [-0.3, -0.25) is 4.79 Å². The van der Waals surface area contributed by atoms with Crippen LogP contribution in [0.4, 0.5) is 0 Å². The first kappa shape index (κ1) is 9.30. The van der Waals surface area contributed by atoms with Crippen molar-refractivity contribution in [1.82, 2.24) is 4.90 Å². The highest BCUT2D eigenvalue weighted by molar-refractivity contribution is 5.87. The van der Waals surface area contributed by atoms with E-state index in [1.165, 1.54) is 6.08 Å². The van der Waals surface area contributed by atoms with Gasteiger partial charge in [-0.05, 0) is 24.8 Å². The molecule has 1 aliphatic heterocycles. The maximum absolute atomic E-state index is 11.3. The van der Waals surface area contributed by atoms with Gasteiger partial charge >= 0.3 is 0 Å². The van der Waals surface area contributed by atoms with Crippen molar-refractivity contribution in [2.75, 3.05) is 6.54 Å². The molecule has 1 saturated heterocycles. The molecule has 0 aromatic heterocycles. The molecular formula is C10H17NO. The average Bonchev–Trinajstić information content (AvgIpc) is 2.45. The largest absolute Gasteiger partial charge is 0.336 e. The third-order valence-electron chi connectivity index (χ3n) is 2.55. The first-order valence-electron chi connectivity index (χ1n) is 4.62. The monoisotopic (exact) mass is 167 g/mol. The molecule has 2 nitrogen and oxygen atoms in total. The van der Waals surface area contributed by atoms with Gasteiger partial charge in [0, 0.05) is 12.6 Å².